The molecule has 9 heteroatoms. The Bertz CT molecular complexity index is 878. The highest BCUT2D eigenvalue weighted by Crippen LogP contribution is 2.25. The Hall–Kier alpha value is -2.39. The average Bonchev–Trinajstić information content (AvgIpc) is 3.32. The molecule has 2 aromatic heterocycles. The van der Waals surface area contributed by atoms with Gasteiger partial charge in [-0.2, -0.15) is 0 Å². The van der Waals surface area contributed by atoms with Crippen molar-refractivity contribution >= 4 is 34.1 Å². The van der Waals surface area contributed by atoms with Crippen LogP contribution in [0, 0.1) is 0 Å². The van der Waals surface area contributed by atoms with E-state index in [1.54, 1.807) is 13.3 Å². The topological polar surface area (TPSA) is 81.9 Å². The number of carbonyl (C=O) groups is 1. The van der Waals surface area contributed by atoms with Crippen molar-refractivity contribution in [3.05, 3.63) is 47.2 Å². The van der Waals surface area contributed by atoms with Crippen molar-refractivity contribution in [2.45, 2.75) is 37.2 Å². The van der Waals surface area contributed by atoms with Crippen molar-refractivity contribution in [1.82, 2.24) is 19.7 Å². The van der Waals surface area contributed by atoms with Crippen molar-refractivity contribution < 1.29 is 9.53 Å². The van der Waals surface area contributed by atoms with Gasteiger partial charge in [-0.3, -0.25) is 4.79 Å². The predicted molar refractivity (Wildman–Crippen MR) is 108 cm³/mol. The van der Waals surface area contributed by atoms with Crippen LogP contribution in [0.1, 0.15) is 25.2 Å². The third-order valence-electron chi connectivity index (χ3n) is 3.94. The van der Waals surface area contributed by atoms with Gasteiger partial charge in [0.15, 0.2) is 10.3 Å². The van der Waals surface area contributed by atoms with E-state index in [1.165, 1.54) is 23.1 Å². The molecule has 0 aliphatic rings. The second-order valence-corrected chi connectivity index (χ2v) is 7.96. The van der Waals surface area contributed by atoms with Crippen LogP contribution in [-0.4, -0.2) is 38.0 Å². The molecule has 142 valence electrons. The molecule has 3 aromatic rings. The van der Waals surface area contributed by atoms with Gasteiger partial charge in [0, 0.05) is 24.5 Å². The molecular weight excluding hydrogens is 382 g/mol. The van der Waals surface area contributed by atoms with Crippen molar-refractivity contribution in [3.63, 3.8) is 0 Å². The maximum absolute atomic E-state index is 12.3. The van der Waals surface area contributed by atoms with Crippen LogP contribution in [0.3, 0.4) is 0 Å². The van der Waals surface area contributed by atoms with Crippen LogP contribution in [0.25, 0.3) is 0 Å². The summed E-state index contributed by atoms with van der Waals surface area (Å²) in [5.74, 6) is 1.60. The third-order valence-corrected chi connectivity index (χ3v) is 5.71. The number of nitrogens with one attached hydrogen (secondary N) is 1. The van der Waals surface area contributed by atoms with Gasteiger partial charge in [0.05, 0.1) is 12.4 Å². The summed E-state index contributed by atoms with van der Waals surface area (Å²) in [5, 5.41) is 14.3. The summed E-state index contributed by atoms with van der Waals surface area (Å²) in [4.78, 5) is 16.4. The summed E-state index contributed by atoms with van der Waals surface area (Å²) in [7, 11) is 1.65. The molecule has 0 radical (unpaired) electrons. The number of hydrogen-bond donors (Lipinski definition) is 1. The van der Waals surface area contributed by atoms with Crippen LogP contribution in [0.2, 0.25) is 0 Å². The van der Waals surface area contributed by atoms with E-state index in [4.69, 9.17) is 4.74 Å². The van der Waals surface area contributed by atoms with Gasteiger partial charge in [-0.25, -0.2) is 4.98 Å². The summed E-state index contributed by atoms with van der Waals surface area (Å²) in [6.45, 7) is 4.64. The Morgan fingerprint density at radius 3 is 2.74 bits per heavy atom. The number of rotatable bonds is 8. The first-order chi connectivity index (χ1) is 13.1. The summed E-state index contributed by atoms with van der Waals surface area (Å²) in [5.41, 5.74) is 1.13. The number of carbonyl (C=O) groups excluding carboxylic acids is 1. The van der Waals surface area contributed by atoms with E-state index in [1.807, 2.05) is 48.1 Å². The third kappa shape index (κ3) is 4.86. The fourth-order valence-corrected chi connectivity index (χ4v) is 3.95. The number of benzene rings is 1. The Morgan fingerprint density at radius 1 is 1.33 bits per heavy atom. The molecule has 1 aromatic carbocycles. The van der Waals surface area contributed by atoms with Crippen LogP contribution >= 0.6 is 23.1 Å². The molecular formula is C18H21N5O2S2. The number of ether oxygens (including phenoxy) is 1. The molecule has 0 saturated heterocycles. The minimum absolute atomic E-state index is 0.0997. The lowest BCUT2D eigenvalue weighted by Crippen LogP contribution is -2.22. The van der Waals surface area contributed by atoms with E-state index >= 15 is 0 Å². The van der Waals surface area contributed by atoms with E-state index < -0.39 is 0 Å². The van der Waals surface area contributed by atoms with E-state index in [0.717, 1.165) is 28.8 Å². The predicted octanol–water partition coefficient (Wildman–Crippen LogP) is 3.47. The van der Waals surface area contributed by atoms with Gasteiger partial charge in [-0.1, -0.05) is 23.9 Å². The van der Waals surface area contributed by atoms with Gasteiger partial charge >= 0.3 is 0 Å². The Kier molecular flexibility index (Phi) is 6.46. The standard InChI is InChI=1S/C18H21N5O2S2/c1-4-23-15(11-13-5-7-14(25-3)8-6-13)21-22-18(23)27-12(2)16(24)20-17-19-9-10-26-17/h5-10,12H,4,11H2,1-3H3,(H,19,20,24)/t12-/m0/s1. The molecule has 1 N–H and O–H groups in total. The maximum atomic E-state index is 12.3. The lowest BCUT2D eigenvalue weighted by atomic mass is 10.1. The maximum Gasteiger partial charge on any atom is 0.239 e. The smallest absolute Gasteiger partial charge is 0.239 e. The van der Waals surface area contributed by atoms with Crippen molar-refractivity contribution in [2.24, 2.45) is 0 Å². The van der Waals surface area contributed by atoms with Gasteiger partial charge in [-0.15, -0.1) is 21.5 Å². The zero-order valence-electron chi connectivity index (χ0n) is 15.4. The minimum atomic E-state index is -0.308. The quantitative estimate of drug-likeness (QED) is 0.580. The zero-order valence-corrected chi connectivity index (χ0v) is 17.0. The minimum Gasteiger partial charge on any atom is -0.497 e. The van der Waals surface area contributed by atoms with Crippen molar-refractivity contribution in [1.29, 1.82) is 0 Å². The van der Waals surface area contributed by atoms with Gasteiger partial charge < -0.3 is 14.6 Å². The van der Waals surface area contributed by atoms with Crippen LogP contribution < -0.4 is 10.1 Å². The lowest BCUT2D eigenvalue weighted by molar-refractivity contribution is -0.115. The molecule has 2 heterocycles. The SMILES string of the molecule is CCn1c(Cc2ccc(OC)cc2)nnc1S[C@@H](C)C(=O)Nc1nccs1. The number of thioether (sulfide) groups is 1. The van der Waals surface area contributed by atoms with Crippen molar-refractivity contribution in [3.8, 4) is 5.75 Å². The van der Waals surface area contributed by atoms with Crippen LogP contribution in [-0.2, 0) is 17.8 Å². The molecule has 0 spiro atoms. The first kappa shape index (κ1) is 19.4. The normalized spacial score (nSPS) is 12.0. The fourth-order valence-electron chi connectivity index (χ4n) is 2.48. The highest BCUT2D eigenvalue weighted by Gasteiger charge is 2.20. The largest absolute Gasteiger partial charge is 0.497 e. The van der Waals surface area contributed by atoms with E-state index in [-0.39, 0.29) is 11.2 Å². The first-order valence-electron chi connectivity index (χ1n) is 8.52. The number of amides is 1. The second kappa shape index (κ2) is 9.01. The lowest BCUT2D eigenvalue weighted by Gasteiger charge is -2.11. The van der Waals surface area contributed by atoms with Gasteiger partial charge in [-0.05, 0) is 31.5 Å². The zero-order chi connectivity index (χ0) is 19.2. The van der Waals surface area contributed by atoms with Gasteiger partial charge in [0.25, 0.3) is 0 Å². The fraction of sp³-hybridized carbons (Fsp3) is 0.333. The molecule has 3 rings (SSSR count). The van der Waals surface area contributed by atoms with Crippen molar-refractivity contribution in [2.75, 3.05) is 12.4 Å². The molecule has 1 amide bonds. The Morgan fingerprint density at radius 2 is 2.11 bits per heavy atom. The number of nitrogens with zero attached hydrogens (tertiary/aromatic N) is 4. The highest BCUT2D eigenvalue weighted by atomic mass is 32.2. The number of thiazole rings is 1. The van der Waals surface area contributed by atoms with E-state index in [0.29, 0.717) is 11.6 Å². The highest BCUT2D eigenvalue weighted by molar-refractivity contribution is 8.00. The molecule has 0 bridgehead atoms. The molecule has 0 aliphatic carbocycles. The molecule has 0 saturated carbocycles. The first-order valence-corrected chi connectivity index (χ1v) is 10.3. The van der Waals surface area contributed by atoms with E-state index in [2.05, 4.69) is 20.5 Å². The molecule has 0 fully saturated rings. The number of anilines is 1. The molecule has 0 unspecified atom stereocenters. The summed E-state index contributed by atoms with van der Waals surface area (Å²) < 4.78 is 7.24. The Balaban J connectivity index is 1.68. The van der Waals surface area contributed by atoms with Crippen LogP contribution in [0.4, 0.5) is 5.13 Å². The van der Waals surface area contributed by atoms with E-state index in [9.17, 15) is 4.79 Å². The van der Waals surface area contributed by atoms with Crippen LogP contribution in [0.15, 0.2) is 41.0 Å². The summed E-state index contributed by atoms with van der Waals surface area (Å²) >= 11 is 2.79. The molecule has 0 aliphatic heterocycles. The number of hydrogen-bond acceptors (Lipinski definition) is 7. The molecule has 7 nitrogen and oxygen atoms in total. The monoisotopic (exact) mass is 403 g/mol. The van der Waals surface area contributed by atoms with Crippen LogP contribution in [0.5, 0.6) is 5.75 Å². The number of methoxy groups -OCH3 is 1. The summed E-state index contributed by atoms with van der Waals surface area (Å²) in [6.07, 6.45) is 2.34. The summed E-state index contributed by atoms with van der Waals surface area (Å²) in [6, 6.07) is 7.90. The second-order valence-electron chi connectivity index (χ2n) is 5.75. The average molecular weight is 404 g/mol. The molecule has 27 heavy (non-hydrogen) atoms. The van der Waals surface area contributed by atoms with Gasteiger partial charge in [0.1, 0.15) is 11.6 Å². The number of aromatic nitrogens is 4. The molecule has 1 atom stereocenters. The van der Waals surface area contributed by atoms with Gasteiger partial charge in [0.2, 0.25) is 5.91 Å². The Labute approximate surface area is 166 Å².